The molecule has 3 rings (SSSR count). The Morgan fingerprint density at radius 2 is 1.87 bits per heavy atom. The first-order valence-electron chi connectivity index (χ1n) is 8.54. The molecule has 2 aromatic carbocycles. The zero-order valence-electron chi connectivity index (χ0n) is 15.6. The molecule has 0 saturated carbocycles. The second-order valence-electron chi connectivity index (χ2n) is 6.10. The third-order valence-electron chi connectivity index (χ3n) is 4.00. The second-order valence-corrected chi connectivity index (χ2v) is 8.22. The zero-order chi connectivity index (χ0) is 21.7. The van der Waals surface area contributed by atoms with E-state index in [1.54, 1.807) is 43.6 Å². The Hall–Kier alpha value is -3.50. The van der Waals surface area contributed by atoms with Crippen molar-refractivity contribution < 1.29 is 13.3 Å². The molecule has 30 heavy (non-hydrogen) atoms. The predicted octanol–water partition coefficient (Wildman–Crippen LogP) is 4.28. The highest BCUT2D eigenvalue weighted by molar-refractivity contribution is 7.92. The van der Waals surface area contributed by atoms with Crippen LogP contribution in [0.4, 0.5) is 17.1 Å². The first kappa shape index (κ1) is 21.2. The molecule has 0 amide bonds. The quantitative estimate of drug-likeness (QED) is 0.317. The van der Waals surface area contributed by atoms with Gasteiger partial charge in [-0.2, -0.15) is 5.10 Å². The van der Waals surface area contributed by atoms with E-state index in [2.05, 4.69) is 20.2 Å². The van der Waals surface area contributed by atoms with Crippen LogP contribution in [-0.4, -0.2) is 24.0 Å². The molecule has 1 heterocycles. The molecule has 0 unspecified atom stereocenters. The Labute approximate surface area is 177 Å². The topological polar surface area (TPSA) is 127 Å². The highest BCUT2D eigenvalue weighted by atomic mass is 35.5. The number of nitrogens with one attached hydrogen (secondary N) is 2. The molecule has 154 valence electrons. The third kappa shape index (κ3) is 5.10. The van der Waals surface area contributed by atoms with Gasteiger partial charge in [0.1, 0.15) is 5.69 Å². The minimum atomic E-state index is -4.06. The highest BCUT2D eigenvalue weighted by Crippen LogP contribution is 2.29. The Kier molecular flexibility index (Phi) is 6.28. The summed E-state index contributed by atoms with van der Waals surface area (Å²) in [6, 6.07) is 13.1. The average molecular weight is 446 g/mol. The van der Waals surface area contributed by atoms with E-state index in [0.29, 0.717) is 10.7 Å². The molecule has 11 heteroatoms. The summed E-state index contributed by atoms with van der Waals surface area (Å²) >= 11 is 5.86. The van der Waals surface area contributed by atoms with Crippen molar-refractivity contribution in [3.8, 4) is 0 Å². The van der Waals surface area contributed by atoms with Crippen LogP contribution in [0.2, 0.25) is 5.02 Å². The minimum absolute atomic E-state index is 0.0510. The fourth-order valence-corrected chi connectivity index (χ4v) is 3.75. The van der Waals surface area contributed by atoms with Crippen molar-refractivity contribution >= 4 is 44.4 Å². The maximum Gasteiger partial charge on any atom is 0.295 e. The van der Waals surface area contributed by atoms with Crippen molar-refractivity contribution in [2.75, 3.05) is 10.1 Å². The molecule has 0 aliphatic heterocycles. The summed E-state index contributed by atoms with van der Waals surface area (Å²) in [5.74, 6) is 0. The Bertz CT molecular complexity index is 1220. The molecule has 0 atom stereocenters. The number of nitro benzene ring substituents is 1. The number of anilines is 2. The number of pyridine rings is 1. The predicted molar refractivity (Wildman–Crippen MR) is 115 cm³/mol. The monoisotopic (exact) mass is 445 g/mol. The molecule has 9 nitrogen and oxygen atoms in total. The SMILES string of the molecule is CC(=NNc1ccc(S(=O)(=O)Nc2cccc(Cl)c2)cc1[N+](=O)[O-])c1ccncc1. The van der Waals surface area contributed by atoms with Gasteiger partial charge in [-0.05, 0) is 49.4 Å². The number of aromatic nitrogens is 1. The third-order valence-corrected chi connectivity index (χ3v) is 5.61. The minimum Gasteiger partial charge on any atom is -0.280 e. The van der Waals surface area contributed by atoms with E-state index in [-0.39, 0.29) is 16.3 Å². The summed E-state index contributed by atoms with van der Waals surface area (Å²) in [7, 11) is -4.06. The lowest BCUT2D eigenvalue weighted by Crippen LogP contribution is -2.13. The normalized spacial score (nSPS) is 11.7. The van der Waals surface area contributed by atoms with Gasteiger partial charge in [0.25, 0.3) is 15.7 Å². The average Bonchev–Trinajstić information content (AvgIpc) is 2.72. The van der Waals surface area contributed by atoms with Crippen molar-refractivity contribution in [3.63, 3.8) is 0 Å². The van der Waals surface area contributed by atoms with Gasteiger partial charge in [0.05, 0.1) is 21.2 Å². The smallest absolute Gasteiger partial charge is 0.280 e. The van der Waals surface area contributed by atoms with E-state index >= 15 is 0 Å². The molecule has 1 aromatic heterocycles. The van der Waals surface area contributed by atoms with Gasteiger partial charge in [0, 0.05) is 29.0 Å². The van der Waals surface area contributed by atoms with Crippen LogP contribution in [-0.2, 0) is 10.0 Å². The van der Waals surface area contributed by atoms with Crippen LogP contribution in [0, 0.1) is 10.1 Å². The van der Waals surface area contributed by atoms with E-state index in [0.717, 1.165) is 11.6 Å². The standard InChI is InChI=1S/C19H16ClN5O4S/c1-13(14-7-9-21-10-8-14)22-23-18-6-5-17(12-19(18)25(26)27)30(28,29)24-16-4-2-3-15(20)11-16/h2-12,23-24H,1H3. The lowest BCUT2D eigenvalue weighted by atomic mass is 10.2. The van der Waals surface area contributed by atoms with Crippen LogP contribution in [0.25, 0.3) is 0 Å². The number of halogens is 1. The summed E-state index contributed by atoms with van der Waals surface area (Å²) in [5, 5.41) is 16.0. The van der Waals surface area contributed by atoms with Gasteiger partial charge >= 0.3 is 0 Å². The molecule has 0 saturated heterocycles. The van der Waals surface area contributed by atoms with Crippen LogP contribution in [0.1, 0.15) is 12.5 Å². The van der Waals surface area contributed by atoms with Crippen molar-refractivity contribution in [2.24, 2.45) is 5.10 Å². The number of hydrogen-bond acceptors (Lipinski definition) is 7. The summed E-state index contributed by atoms with van der Waals surface area (Å²) in [6.45, 7) is 1.72. The summed E-state index contributed by atoms with van der Waals surface area (Å²) in [5.41, 5.74) is 3.84. The largest absolute Gasteiger partial charge is 0.295 e. The number of benzene rings is 2. The summed E-state index contributed by atoms with van der Waals surface area (Å²) in [4.78, 5) is 14.5. The molecule has 2 N–H and O–H groups in total. The summed E-state index contributed by atoms with van der Waals surface area (Å²) < 4.78 is 27.6. The number of nitrogens with zero attached hydrogens (tertiary/aromatic N) is 3. The first-order valence-corrected chi connectivity index (χ1v) is 10.4. The molecule has 0 aliphatic carbocycles. The van der Waals surface area contributed by atoms with E-state index < -0.39 is 20.6 Å². The number of nitro groups is 1. The van der Waals surface area contributed by atoms with Crippen LogP contribution in [0.5, 0.6) is 0 Å². The van der Waals surface area contributed by atoms with Gasteiger partial charge in [-0.25, -0.2) is 8.42 Å². The Morgan fingerprint density at radius 3 is 2.53 bits per heavy atom. The number of hydrazone groups is 1. The summed E-state index contributed by atoms with van der Waals surface area (Å²) in [6.07, 6.45) is 3.20. The van der Waals surface area contributed by atoms with Crippen LogP contribution >= 0.6 is 11.6 Å². The number of hydrogen-bond donors (Lipinski definition) is 2. The van der Waals surface area contributed by atoms with E-state index in [1.807, 2.05) is 0 Å². The van der Waals surface area contributed by atoms with Crippen molar-refractivity contribution in [2.45, 2.75) is 11.8 Å². The molecule has 0 spiro atoms. The first-order chi connectivity index (χ1) is 14.3. The fourth-order valence-electron chi connectivity index (χ4n) is 2.49. The number of rotatable bonds is 7. The molecule has 0 radical (unpaired) electrons. The maximum absolute atomic E-state index is 12.6. The molecule has 3 aromatic rings. The van der Waals surface area contributed by atoms with E-state index in [9.17, 15) is 18.5 Å². The lowest BCUT2D eigenvalue weighted by molar-refractivity contribution is -0.384. The molecule has 0 bridgehead atoms. The molecular weight excluding hydrogens is 430 g/mol. The molecule has 0 fully saturated rings. The van der Waals surface area contributed by atoms with Gasteiger partial charge in [0.2, 0.25) is 0 Å². The van der Waals surface area contributed by atoms with Crippen molar-refractivity contribution in [1.82, 2.24) is 4.98 Å². The zero-order valence-corrected chi connectivity index (χ0v) is 17.2. The Balaban J connectivity index is 1.89. The maximum atomic E-state index is 12.6. The van der Waals surface area contributed by atoms with Gasteiger partial charge in [-0.3, -0.25) is 25.2 Å². The van der Waals surface area contributed by atoms with E-state index in [4.69, 9.17) is 11.6 Å². The Morgan fingerprint density at radius 1 is 1.13 bits per heavy atom. The van der Waals surface area contributed by atoms with Gasteiger partial charge in [-0.15, -0.1) is 0 Å². The van der Waals surface area contributed by atoms with E-state index in [1.165, 1.54) is 24.3 Å². The van der Waals surface area contributed by atoms with Crippen LogP contribution in [0.15, 0.2) is 77.0 Å². The van der Waals surface area contributed by atoms with Crippen LogP contribution < -0.4 is 10.1 Å². The van der Waals surface area contributed by atoms with Crippen LogP contribution in [0.3, 0.4) is 0 Å². The number of sulfonamides is 1. The fraction of sp³-hybridized carbons (Fsp3) is 0.0526. The van der Waals surface area contributed by atoms with Gasteiger partial charge < -0.3 is 0 Å². The molecular formula is C19H16ClN5O4S. The lowest BCUT2D eigenvalue weighted by Gasteiger charge is -2.10. The molecule has 0 aliphatic rings. The highest BCUT2D eigenvalue weighted by Gasteiger charge is 2.21. The van der Waals surface area contributed by atoms with Gasteiger partial charge in [0.15, 0.2) is 0 Å². The van der Waals surface area contributed by atoms with Crippen molar-refractivity contribution in [3.05, 3.63) is 87.7 Å². The van der Waals surface area contributed by atoms with Gasteiger partial charge in [-0.1, -0.05) is 17.7 Å². The second kappa shape index (κ2) is 8.89. The van der Waals surface area contributed by atoms with Crippen molar-refractivity contribution in [1.29, 1.82) is 0 Å².